The lowest BCUT2D eigenvalue weighted by atomic mass is 10.4. The zero-order valence-corrected chi connectivity index (χ0v) is 12.6. The molecule has 22 heavy (non-hydrogen) atoms. The molecule has 0 amide bonds. The fraction of sp³-hybridized carbons (Fsp3) is 0.267. The van der Waals surface area contributed by atoms with E-state index in [0.29, 0.717) is 12.5 Å². The summed E-state index contributed by atoms with van der Waals surface area (Å²) in [6, 6.07) is 5.71. The van der Waals surface area contributed by atoms with Gasteiger partial charge in [-0.3, -0.25) is 4.57 Å². The normalized spacial score (nSPS) is 11.0. The van der Waals surface area contributed by atoms with Crippen molar-refractivity contribution in [3.63, 3.8) is 0 Å². The summed E-state index contributed by atoms with van der Waals surface area (Å²) in [6.07, 6.45) is 8.84. The fourth-order valence-electron chi connectivity index (χ4n) is 2.00. The van der Waals surface area contributed by atoms with E-state index in [1.807, 2.05) is 43.1 Å². The largest absolute Gasteiger partial charge is 0.476 e. The number of aromatic nitrogens is 5. The van der Waals surface area contributed by atoms with Crippen molar-refractivity contribution in [2.24, 2.45) is 0 Å². The number of hydrogen-bond donors (Lipinski definition) is 0. The molecule has 0 atom stereocenters. The van der Waals surface area contributed by atoms with Crippen LogP contribution in [0.5, 0.6) is 5.88 Å². The van der Waals surface area contributed by atoms with E-state index in [2.05, 4.69) is 20.0 Å². The van der Waals surface area contributed by atoms with Gasteiger partial charge in [-0.1, -0.05) is 0 Å². The van der Waals surface area contributed by atoms with Gasteiger partial charge in [0.25, 0.3) is 0 Å². The number of nitrogens with zero attached hydrogens (tertiary/aromatic N) is 6. The Morgan fingerprint density at radius 3 is 2.77 bits per heavy atom. The van der Waals surface area contributed by atoms with Gasteiger partial charge in [-0.15, -0.1) is 0 Å². The molecule has 0 fully saturated rings. The minimum absolute atomic E-state index is 0.613. The monoisotopic (exact) mass is 298 g/mol. The van der Waals surface area contributed by atoms with Crippen molar-refractivity contribution < 1.29 is 4.74 Å². The lowest BCUT2D eigenvalue weighted by Crippen LogP contribution is -2.19. The molecule has 0 spiro atoms. The molecular weight excluding hydrogens is 280 g/mol. The topological polar surface area (TPSA) is 61.0 Å². The molecule has 0 aromatic carbocycles. The molecule has 0 saturated heterocycles. The standard InChI is InChI=1S/C15H18N6O/c1-19(2)9-10-22-14-4-3-13(11-17-14)21-15(5-6-18-21)20-8-7-16-12-20/h3-8,11-12H,9-10H2,1-2H3. The average molecular weight is 298 g/mol. The van der Waals surface area contributed by atoms with E-state index in [-0.39, 0.29) is 0 Å². The van der Waals surface area contributed by atoms with Gasteiger partial charge in [0.15, 0.2) is 0 Å². The van der Waals surface area contributed by atoms with Crippen LogP contribution in [0.25, 0.3) is 11.5 Å². The van der Waals surface area contributed by atoms with Crippen LogP contribution in [0.15, 0.2) is 49.3 Å². The second kappa shape index (κ2) is 6.40. The molecule has 3 aromatic rings. The van der Waals surface area contributed by atoms with E-state index in [0.717, 1.165) is 18.1 Å². The number of rotatable bonds is 6. The fourth-order valence-corrected chi connectivity index (χ4v) is 2.00. The van der Waals surface area contributed by atoms with Crippen LogP contribution in [0.1, 0.15) is 0 Å². The number of ether oxygens (including phenoxy) is 1. The Kier molecular flexibility index (Phi) is 4.15. The summed E-state index contributed by atoms with van der Waals surface area (Å²) in [5.41, 5.74) is 0.869. The van der Waals surface area contributed by atoms with Crippen molar-refractivity contribution in [2.75, 3.05) is 27.2 Å². The summed E-state index contributed by atoms with van der Waals surface area (Å²) in [6.45, 7) is 1.47. The average Bonchev–Trinajstić information content (AvgIpc) is 3.18. The molecular formula is C15H18N6O. The number of imidazole rings is 1. The van der Waals surface area contributed by atoms with Crippen molar-refractivity contribution in [1.29, 1.82) is 0 Å². The predicted octanol–water partition coefficient (Wildman–Crippen LogP) is 1.39. The molecule has 3 aromatic heterocycles. The van der Waals surface area contributed by atoms with Crippen LogP contribution < -0.4 is 4.74 Å². The summed E-state index contributed by atoms with van der Waals surface area (Å²) in [5, 5.41) is 4.34. The Bertz CT molecular complexity index is 702. The molecule has 114 valence electrons. The van der Waals surface area contributed by atoms with Gasteiger partial charge in [0.2, 0.25) is 5.88 Å². The third-order valence-corrected chi connectivity index (χ3v) is 3.15. The molecule has 7 heteroatoms. The second-order valence-electron chi connectivity index (χ2n) is 5.08. The highest BCUT2D eigenvalue weighted by Gasteiger charge is 2.07. The van der Waals surface area contributed by atoms with Crippen molar-refractivity contribution in [2.45, 2.75) is 0 Å². The quantitative estimate of drug-likeness (QED) is 0.688. The Morgan fingerprint density at radius 1 is 1.18 bits per heavy atom. The lowest BCUT2D eigenvalue weighted by molar-refractivity contribution is 0.254. The molecule has 3 heterocycles. The molecule has 0 N–H and O–H groups in total. The van der Waals surface area contributed by atoms with Gasteiger partial charge in [0.1, 0.15) is 18.8 Å². The molecule has 3 rings (SSSR count). The van der Waals surface area contributed by atoms with Gasteiger partial charge >= 0.3 is 0 Å². The number of pyridine rings is 1. The van der Waals surface area contributed by atoms with E-state index in [9.17, 15) is 0 Å². The second-order valence-corrected chi connectivity index (χ2v) is 5.08. The molecule has 0 aliphatic heterocycles. The Labute approximate surface area is 128 Å². The van der Waals surface area contributed by atoms with E-state index in [4.69, 9.17) is 4.74 Å². The van der Waals surface area contributed by atoms with Crippen molar-refractivity contribution in [3.05, 3.63) is 49.3 Å². The highest BCUT2D eigenvalue weighted by atomic mass is 16.5. The van der Waals surface area contributed by atoms with Gasteiger partial charge in [-0.2, -0.15) is 5.10 Å². The van der Waals surface area contributed by atoms with Gasteiger partial charge in [-0.25, -0.2) is 14.6 Å². The van der Waals surface area contributed by atoms with E-state index in [1.54, 1.807) is 29.6 Å². The van der Waals surface area contributed by atoms with Crippen LogP contribution in [0.3, 0.4) is 0 Å². The first-order valence-corrected chi connectivity index (χ1v) is 7.00. The minimum Gasteiger partial charge on any atom is -0.476 e. The van der Waals surface area contributed by atoms with Gasteiger partial charge < -0.3 is 9.64 Å². The van der Waals surface area contributed by atoms with E-state index >= 15 is 0 Å². The minimum atomic E-state index is 0.613. The Hall–Kier alpha value is -2.67. The van der Waals surface area contributed by atoms with Gasteiger partial charge in [0, 0.05) is 31.1 Å². The summed E-state index contributed by atoms with van der Waals surface area (Å²) < 4.78 is 9.30. The van der Waals surface area contributed by atoms with Crippen LogP contribution >= 0.6 is 0 Å². The molecule has 0 unspecified atom stereocenters. The van der Waals surface area contributed by atoms with Gasteiger partial charge in [-0.05, 0) is 20.2 Å². The first-order valence-electron chi connectivity index (χ1n) is 7.00. The van der Waals surface area contributed by atoms with Crippen LogP contribution in [-0.2, 0) is 0 Å². The van der Waals surface area contributed by atoms with Crippen LogP contribution in [-0.4, -0.2) is 56.5 Å². The Morgan fingerprint density at radius 2 is 2.09 bits per heavy atom. The van der Waals surface area contributed by atoms with Crippen molar-refractivity contribution in [3.8, 4) is 17.4 Å². The molecule has 0 radical (unpaired) electrons. The van der Waals surface area contributed by atoms with Crippen LogP contribution in [0.4, 0.5) is 0 Å². The molecule has 0 bridgehead atoms. The zero-order valence-electron chi connectivity index (χ0n) is 12.6. The first-order chi connectivity index (χ1) is 10.7. The lowest BCUT2D eigenvalue weighted by Gasteiger charge is -2.11. The van der Waals surface area contributed by atoms with Crippen molar-refractivity contribution >= 4 is 0 Å². The third-order valence-electron chi connectivity index (χ3n) is 3.15. The SMILES string of the molecule is CN(C)CCOc1ccc(-n2nccc2-n2ccnc2)cn1. The van der Waals surface area contributed by atoms with Crippen LogP contribution in [0, 0.1) is 0 Å². The predicted molar refractivity (Wildman–Crippen MR) is 82.5 cm³/mol. The highest BCUT2D eigenvalue weighted by Crippen LogP contribution is 2.15. The molecule has 0 saturated carbocycles. The molecule has 0 aliphatic carbocycles. The summed E-state index contributed by atoms with van der Waals surface area (Å²) >= 11 is 0. The maximum atomic E-state index is 5.59. The molecule has 7 nitrogen and oxygen atoms in total. The third kappa shape index (κ3) is 3.15. The highest BCUT2D eigenvalue weighted by molar-refractivity contribution is 5.37. The summed E-state index contributed by atoms with van der Waals surface area (Å²) in [4.78, 5) is 10.4. The van der Waals surface area contributed by atoms with Gasteiger partial charge in [0.05, 0.1) is 18.1 Å². The smallest absolute Gasteiger partial charge is 0.213 e. The molecule has 0 aliphatic rings. The van der Waals surface area contributed by atoms with E-state index < -0.39 is 0 Å². The number of hydrogen-bond acceptors (Lipinski definition) is 5. The first kappa shape index (κ1) is 14.3. The van der Waals surface area contributed by atoms with Crippen LogP contribution in [0.2, 0.25) is 0 Å². The number of likely N-dealkylation sites (N-methyl/N-ethyl adjacent to an activating group) is 1. The summed E-state index contributed by atoms with van der Waals surface area (Å²) in [7, 11) is 4.02. The maximum absolute atomic E-state index is 5.59. The van der Waals surface area contributed by atoms with E-state index in [1.165, 1.54) is 0 Å². The van der Waals surface area contributed by atoms with Crippen molar-refractivity contribution in [1.82, 2.24) is 29.2 Å². The Balaban J connectivity index is 1.75. The zero-order chi connectivity index (χ0) is 15.4. The summed E-state index contributed by atoms with van der Waals surface area (Å²) in [5.74, 6) is 1.52. The maximum Gasteiger partial charge on any atom is 0.213 e.